The van der Waals surface area contributed by atoms with E-state index in [1.54, 1.807) is 6.08 Å². The summed E-state index contributed by atoms with van der Waals surface area (Å²) in [6.07, 6.45) is 13.4. The molecule has 1 aliphatic carbocycles. The predicted molar refractivity (Wildman–Crippen MR) is 116 cm³/mol. The summed E-state index contributed by atoms with van der Waals surface area (Å²) in [5.41, 5.74) is 0.542. The Labute approximate surface area is 176 Å². The minimum Gasteiger partial charge on any atom is -0.430 e. The molecule has 1 unspecified atom stereocenters. The lowest BCUT2D eigenvalue weighted by atomic mass is 9.80. The summed E-state index contributed by atoms with van der Waals surface area (Å²) in [5.74, 6) is 0.205. The van der Waals surface area contributed by atoms with Gasteiger partial charge in [0.2, 0.25) is 0 Å². The van der Waals surface area contributed by atoms with Gasteiger partial charge in [0.15, 0.2) is 5.76 Å². The summed E-state index contributed by atoms with van der Waals surface area (Å²) in [6.45, 7) is 8.28. The van der Waals surface area contributed by atoms with Gasteiger partial charge in [0.25, 0.3) is 0 Å². The quantitative estimate of drug-likeness (QED) is 0.360. The average molecular weight is 415 g/mol. The summed E-state index contributed by atoms with van der Waals surface area (Å²) < 4.78 is 46.1. The van der Waals surface area contributed by atoms with E-state index in [2.05, 4.69) is 13.0 Å². The summed E-state index contributed by atoms with van der Waals surface area (Å²) in [5, 5.41) is 0. The highest BCUT2D eigenvalue weighted by atomic mass is 19.3. The molecule has 2 fully saturated rings. The van der Waals surface area contributed by atoms with Crippen LogP contribution in [0.5, 0.6) is 0 Å². The first-order valence-corrected chi connectivity index (χ1v) is 11.7. The monoisotopic (exact) mass is 414 g/mol. The molecule has 0 aromatic rings. The van der Waals surface area contributed by atoms with E-state index in [9.17, 15) is 13.2 Å². The van der Waals surface area contributed by atoms with Gasteiger partial charge in [-0.15, -0.1) is 0 Å². The van der Waals surface area contributed by atoms with Gasteiger partial charge in [-0.2, -0.15) is 8.78 Å². The topological polar surface area (TPSA) is 9.23 Å². The van der Waals surface area contributed by atoms with E-state index in [1.165, 1.54) is 38.5 Å². The lowest BCUT2D eigenvalue weighted by molar-refractivity contribution is -0.259. The zero-order valence-electron chi connectivity index (χ0n) is 18.9. The molecule has 0 aromatic heterocycles. The zero-order valence-corrected chi connectivity index (χ0v) is 18.9. The van der Waals surface area contributed by atoms with Crippen molar-refractivity contribution in [2.45, 2.75) is 104 Å². The Bertz CT molecular complexity index is 528. The van der Waals surface area contributed by atoms with Crippen LogP contribution in [0.1, 0.15) is 98.3 Å². The Kier molecular flexibility index (Phi) is 12.4. The van der Waals surface area contributed by atoms with E-state index in [-0.39, 0.29) is 18.5 Å². The first-order chi connectivity index (χ1) is 14.0. The smallest absolute Gasteiger partial charge is 0.401 e. The molecule has 0 bridgehead atoms. The van der Waals surface area contributed by atoms with Crippen LogP contribution < -0.4 is 0 Å². The minimum atomic E-state index is -3.29. The third-order valence-corrected chi connectivity index (χ3v) is 6.03. The fourth-order valence-electron chi connectivity index (χ4n) is 4.34. The van der Waals surface area contributed by atoms with E-state index in [4.69, 9.17) is 4.74 Å². The maximum atomic E-state index is 14.1. The van der Waals surface area contributed by atoms with Gasteiger partial charge in [-0.25, -0.2) is 4.39 Å². The summed E-state index contributed by atoms with van der Waals surface area (Å²) in [6, 6.07) is 0. The minimum absolute atomic E-state index is 0.167. The summed E-state index contributed by atoms with van der Waals surface area (Å²) in [7, 11) is 0. The summed E-state index contributed by atoms with van der Waals surface area (Å²) >= 11 is 0. The van der Waals surface area contributed by atoms with Crippen LogP contribution >= 0.6 is 0 Å². The molecule has 1 saturated heterocycles. The lowest BCUT2D eigenvalue weighted by Crippen LogP contribution is -2.36. The normalized spacial score (nSPS) is 29.6. The molecule has 2 aliphatic rings. The number of halogens is 3. The lowest BCUT2D eigenvalue weighted by Gasteiger charge is -2.34. The van der Waals surface area contributed by atoms with Crippen molar-refractivity contribution in [3.63, 3.8) is 0 Å². The molecular weight excluding hydrogens is 373 g/mol. The van der Waals surface area contributed by atoms with E-state index in [1.807, 2.05) is 26.8 Å². The molecule has 0 N–H and O–H groups in total. The Morgan fingerprint density at radius 3 is 2.28 bits per heavy atom. The highest BCUT2D eigenvalue weighted by Gasteiger charge is 2.47. The summed E-state index contributed by atoms with van der Waals surface area (Å²) in [4.78, 5) is 0. The van der Waals surface area contributed by atoms with Gasteiger partial charge in [0.1, 0.15) is 6.33 Å². The standard InChI is InChI=1S/C23H35F3O.C2H6/c1-3-5-6-11-21-16-20(22(17-24)27-23(21,25)26)10-7-9-19-14-12-18(8-4-2)13-15-19;1-2/h7,9-10,17-19,21H,3-6,8,11-16H2,1-2H3;1-2H3/b9-7+,20-10-,22-17-;. The van der Waals surface area contributed by atoms with Crippen LogP contribution in [0, 0.1) is 17.8 Å². The van der Waals surface area contributed by atoms with Crippen molar-refractivity contribution in [1.82, 2.24) is 0 Å². The van der Waals surface area contributed by atoms with E-state index in [0.29, 0.717) is 17.9 Å². The molecule has 2 rings (SSSR count). The highest BCUT2D eigenvalue weighted by molar-refractivity contribution is 5.31. The Morgan fingerprint density at radius 1 is 1.00 bits per heavy atom. The van der Waals surface area contributed by atoms with Crippen molar-refractivity contribution >= 4 is 0 Å². The Balaban J connectivity index is 0.00000204. The van der Waals surface area contributed by atoms with Gasteiger partial charge in [-0.3, -0.25) is 0 Å². The van der Waals surface area contributed by atoms with Crippen molar-refractivity contribution < 1.29 is 17.9 Å². The molecule has 1 atom stereocenters. The molecule has 4 heteroatoms. The number of allylic oxidation sites excluding steroid dienone is 4. The van der Waals surface area contributed by atoms with Gasteiger partial charge in [0, 0.05) is 0 Å². The van der Waals surface area contributed by atoms with Crippen LogP contribution in [0.25, 0.3) is 0 Å². The molecule has 0 radical (unpaired) electrons. The van der Waals surface area contributed by atoms with Gasteiger partial charge >= 0.3 is 6.11 Å². The van der Waals surface area contributed by atoms with E-state index in [0.717, 1.165) is 25.2 Å². The van der Waals surface area contributed by atoms with Crippen LogP contribution in [0.3, 0.4) is 0 Å². The fraction of sp³-hybridized carbons (Fsp3) is 0.760. The maximum Gasteiger partial charge on any atom is 0.401 e. The first kappa shape index (κ1) is 25.8. The second-order valence-electron chi connectivity index (χ2n) is 8.18. The number of unbranched alkanes of at least 4 members (excludes halogenated alkanes) is 2. The van der Waals surface area contributed by atoms with Crippen LogP contribution in [0.4, 0.5) is 13.2 Å². The predicted octanol–water partition coefficient (Wildman–Crippen LogP) is 9.12. The number of alkyl halides is 2. The van der Waals surface area contributed by atoms with Crippen LogP contribution in [-0.4, -0.2) is 6.11 Å². The third kappa shape index (κ3) is 8.60. The number of rotatable bonds is 8. The van der Waals surface area contributed by atoms with Crippen LogP contribution in [0.2, 0.25) is 0 Å². The second kappa shape index (κ2) is 13.9. The Hall–Kier alpha value is -1.19. The van der Waals surface area contributed by atoms with Gasteiger partial charge < -0.3 is 4.74 Å². The zero-order chi connectivity index (χ0) is 21.7. The van der Waals surface area contributed by atoms with Crippen molar-refractivity contribution in [2.24, 2.45) is 17.8 Å². The molecule has 1 nitrogen and oxygen atoms in total. The van der Waals surface area contributed by atoms with Crippen molar-refractivity contribution in [3.8, 4) is 0 Å². The number of hydrogen-bond acceptors (Lipinski definition) is 1. The van der Waals surface area contributed by atoms with Crippen molar-refractivity contribution in [2.75, 3.05) is 0 Å². The molecule has 1 saturated carbocycles. The van der Waals surface area contributed by atoms with Crippen molar-refractivity contribution in [3.05, 3.63) is 35.9 Å². The average Bonchev–Trinajstić information content (AvgIpc) is 2.73. The van der Waals surface area contributed by atoms with Crippen LogP contribution in [-0.2, 0) is 4.74 Å². The van der Waals surface area contributed by atoms with Gasteiger partial charge in [-0.05, 0) is 55.9 Å². The fourth-order valence-corrected chi connectivity index (χ4v) is 4.34. The molecule has 1 heterocycles. The second-order valence-corrected chi connectivity index (χ2v) is 8.18. The third-order valence-electron chi connectivity index (χ3n) is 6.03. The number of ether oxygens (including phenoxy) is 1. The van der Waals surface area contributed by atoms with E-state index < -0.39 is 12.0 Å². The molecule has 1 aliphatic heterocycles. The molecule has 0 spiro atoms. The number of hydrogen-bond donors (Lipinski definition) is 0. The molecule has 29 heavy (non-hydrogen) atoms. The van der Waals surface area contributed by atoms with Crippen LogP contribution in [0.15, 0.2) is 35.9 Å². The SMILES string of the molecule is CC.CCCCCC1CC(=C/C=C/C2CCC(CCC)CC2)/C(=C/F)OC1(F)F. The molecule has 0 amide bonds. The Morgan fingerprint density at radius 2 is 1.69 bits per heavy atom. The van der Waals surface area contributed by atoms with Crippen molar-refractivity contribution in [1.29, 1.82) is 0 Å². The largest absolute Gasteiger partial charge is 0.430 e. The molecule has 168 valence electrons. The molecule has 0 aromatic carbocycles. The maximum absolute atomic E-state index is 14.1. The van der Waals surface area contributed by atoms with Gasteiger partial charge in [0.05, 0.1) is 5.92 Å². The molecular formula is C25H41F3O. The highest BCUT2D eigenvalue weighted by Crippen LogP contribution is 2.44. The van der Waals surface area contributed by atoms with Gasteiger partial charge in [-0.1, -0.05) is 78.0 Å². The first-order valence-electron chi connectivity index (χ1n) is 11.7. The van der Waals surface area contributed by atoms with E-state index >= 15 is 0 Å².